The van der Waals surface area contributed by atoms with Gasteiger partial charge in [0.05, 0.1) is 5.33 Å². The summed E-state index contributed by atoms with van der Waals surface area (Å²) >= 11 is 3.18. The molecule has 0 saturated heterocycles. The Balaban J connectivity index is 2.83. The molecule has 1 aromatic carbocycles. The van der Waals surface area contributed by atoms with Crippen molar-refractivity contribution in [3.05, 3.63) is 35.4 Å². The normalized spacial score (nSPS) is 12.5. The van der Waals surface area contributed by atoms with Crippen molar-refractivity contribution in [1.29, 1.82) is 0 Å². The first kappa shape index (κ1) is 10.5. The first-order valence-corrected chi connectivity index (χ1v) is 5.42. The largest absolute Gasteiger partial charge is 0.298 e. The van der Waals surface area contributed by atoms with Crippen molar-refractivity contribution in [1.82, 2.24) is 0 Å². The molecule has 70 valence electrons. The number of aryl methyl sites for hydroxylation is 1. The Labute approximate surface area is 87.3 Å². The first-order chi connectivity index (χ1) is 6.15. The van der Waals surface area contributed by atoms with Gasteiger partial charge >= 0.3 is 0 Å². The van der Waals surface area contributed by atoms with Gasteiger partial charge in [-0.15, -0.1) is 0 Å². The van der Waals surface area contributed by atoms with Gasteiger partial charge in [0.25, 0.3) is 0 Å². The number of carbonyl (C=O) groups excluding carboxylic acids is 1. The van der Waals surface area contributed by atoms with Crippen LogP contribution in [0, 0.1) is 6.92 Å². The second-order valence-electron chi connectivity index (χ2n) is 3.23. The summed E-state index contributed by atoms with van der Waals surface area (Å²) in [6.45, 7) is 3.98. The van der Waals surface area contributed by atoms with Crippen LogP contribution in [0.15, 0.2) is 24.3 Å². The zero-order valence-electron chi connectivity index (χ0n) is 7.88. The van der Waals surface area contributed by atoms with Gasteiger partial charge in [0, 0.05) is 5.92 Å². The van der Waals surface area contributed by atoms with Crippen LogP contribution in [0.1, 0.15) is 24.0 Å². The molecule has 0 amide bonds. The van der Waals surface area contributed by atoms with Crippen LogP contribution in [0.4, 0.5) is 0 Å². The van der Waals surface area contributed by atoms with Crippen molar-refractivity contribution in [2.45, 2.75) is 19.8 Å². The van der Waals surface area contributed by atoms with Gasteiger partial charge < -0.3 is 0 Å². The number of hydrogen-bond donors (Lipinski definition) is 0. The zero-order valence-corrected chi connectivity index (χ0v) is 9.47. The van der Waals surface area contributed by atoms with Gasteiger partial charge in [0.15, 0.2) is 5.78 Å². The lowest BCUT2D eigenvalue weighted by Gasteiger charge is -2.08. The number of benzene rings is 1. The molecule has 13 heavy (non-hydrogen) atoms. The van der Waals surface area contributed by atoms with E-state index in [4.69, 9.17) is 0 Å². The minimum Gasteiger partial charge on any atom is -0.298 e. The highest BCUT2D eigenvalue weighted by Gasteiger charge is 2.12. The molecule has 2 heteroatoms. The Morgan fingerprint density at radius 1 is 1.38 bits per heavy atom. The van der Waals surface area contributed by atoms with Crippen molar-refractivity contribution >= 4 is 21.7 Å². The molecule has 0 aliphatic heterocycles. The number of hydrogen-bond acceptors (Lipinski definition) is 1. The number of ketones is 1. The number of halogens is 1. The molecule has 0 N–H and O–H groups in total. The molecule has 1 aromatic rings. The van der Waals surface area contributed by atoms with E-state index in [1.807, 2.05) is 38.1 Å². The topological polar surface area (TPSA) is 17.1 Å². The fourth-order valence-corrected chi connectivity index (χ4v) is 1.64. The molecule has 1 unspecified atom stereocenters. The minimum atomic E-state index is -0.0000231. The van der Waals surface area contributed by atoms with Crippen molar-refractivity contribution in [2.24, 2.45) is 0 Å². The molecule has 0 fully saturated rings. The maximum absolute atomic E-state index is 11.4. The smallest absolute Gasteiger partial charge is 0.150 e. The Kier molecular flexibility index (Phi) is 3.67. The van der Waals surface area contributed by atoms with Crippen molar-refractivity contribution in [3.8, 4) is 0 Å². The molecular weight excluding hydrogens is 228 g/mol. The van der Waals surface area contributed by atoms with Crippen LogP contribution >= 0.6 is 15.9 Å². The second kappa shape index (κ2) is 4.56. The third-order valence-corrected chi connectivity index (χ3v) is 2.74. The highest BCUT2D eigenvalue weighted by atomic mass is 79.9. The summed E-state index contributed by atoms with van der Waals surface area (Å²) in [4.78, 5) is 11.4. The van der Waals surface area contributed by atoms with E-state index in [1.54, 1.807) is 0 Å². The third kappa shape index (κ3) is 2.66. The van der Waals surface area contributed by atoms with Crippen LogP contribution in [0.5, 0.6) is 0 Å². The van der Waals surface area contributed by atoms with E-state index in [0.29, 0.717) is 5.33 Å². The Morgan fingerprint density at radius 3 is 2.38 bits per heavy atom. The van der Waals surface area contributed by atoms with Gasteiger partial charge in [0.2, 0.25) is 0 Å². The van der Waals surface area contributed by atoms with Crippen LogP contribution in [0.2, 0.25) is 0 Å². The van der Waals surface area contributed by atoms with E-state index in [0.717, 1.165) is 5.56 Å². The van der Waals surface area contributed by atoms with Crippen LogP contribution in [-0.2, 0) is 4.79 Å². The van der Waals surface area contributed by atoms with Gasteiger partial charge in [-0.05, 0) is 12.5 Å². The van der Waals surface area contributed by atoms with E-state index in [1.165, 1.54) is 5.56 Å². The van der Waals surface area contributed by atoms with Crippen molar-refractivity contribution in [2.75, 3.05) is 5.33 Å². The summed E-state index contributed by atoms with van der Waals surface area (Å²) in [5.74, 6) is 0.226. The van der Waals surface area contributed by atoms with Crippen molar-refractivity contribution in [3.63, 3.8) is 0 Å². The summed E-state index contributed by atoms with van der Waals surface area (Å²) in [7, 11) is 0. The second-order valence-corrected chi connectivity index (χ2v) is 3.79. The first-order valence-electron chi connectivity index (χ1n) is 4.30. The van der Waals surface area contributed by atoms with Crippen molar-refractivity contribution < 1.29 is 4.79 Å². The lowest BCUT2D eigenvalue weighted by atomic mass is 9.97. The monoisotopic (exact) mass is 240 g/mol. The molecule has 1 atom stereocenters. The minimum absolute atomic E-state index is 0.0000231. The molecule has 0 heterocycles. The van der Waals surface area contributed by atoms with Gasteiger partial charge in [-0.3, -0.25) is 4.79 Å². The average molecular weight is 241 g/mol. The lowest BCUT2D eigenvalue weighted by molar-refractivity contribution is -0.117. The highest BCUT2D eigenvalue weighted by molar-refractivity contribution is 9.09. The fourth-order valence-electron chi connectivity index (χ4n) is 1.16. The molecular formula is C11H13BrO. The van der Waals surface area contributed by atoms with E-state index in [-0.39, 0.29) is 11.7 Å². The fraction of sp³-hybridized carbons (Fsp3) is 0.364. The molecule has 0 saturated carbocycles. The maximum Gasteiger partial charge on any atom is 0.150 e. The number of carbonyl (C=O) groups is 1. The van der Waals surface area contributed by atoms with E-state index >= 15 is 0 Å². The van der Waals surface area contributed by atoms with E-state index < -0.39 is 0 Å². The molecule has 0 aromatic heterocycles. The Bertz CT molecular complexity index is 289. The lowest BCUT2D eigenvalue weighted by Crippen LogP contribution is -2.09. The molecule has 1 nitrogen and oxygen atoms in total. The summed E-state index contributed by atoms with van der Waals surface area (Å²) in [5.41, 5.74) is 2.32. The van der Waals surface area contributed by atoms with Gasteiger partial charge in [-0.2, -0.15) is 0 Å². The molecule has 0 bridgehead atoms. The SMILES string of the molecule is Cc1ccc(C(C)C(=O)CBr)cc1. The summed E-state index contributed by atoms with van der Waals surface area (Å²) < 4.78 is 0. The predicted octanol–water partition coefficient (Wildman–Crippen LogP) is 3.06. The average Bonchev–Trinajstić information content (AvgIpc) is 2.17. The van der Waals surface area contributed by atoms with Crippen LogP contribution in [-0.4, -0.2) is 11.1 Å². The van der Waals surface area contributed by atoms with Gasteiger partial charge in [0.1, 0.15) is 0 Å². The molecule has 0 aliphatic rings. The Hall–Kier alpha value is -0.630. The quantitative estimate of drug-likeness (QED) is 0.743. The van der Waals surface area contributed by atoms with Gasteiger partial charge in [-0.1, -0.05) is 52.7 Å². The molecule has 1 rings (SSSR count). The summed E-state index contributed by atoms with van der Waals surface area (Å²) in [6.07, 6.45) is 0. The number of Topliss-reactive ketones (excluding diaryl/α,β-unsaturated/α-hetero) is 1. The van der Waals surface area contributed by atoms with Gasteiger partial charge in [-0.25, -0.2) is 0 Å². The van der Waals surface area contributed by atoms with Crippen LogP contribution in [0.25, 0.3) is 0 Å². The zero-order chi connectivity index (χ0) is 9.84. The Morgan fingerprint density at radius 2 is 1.92 bits per heavy atom. The summed E-state index contributed by atoms with van der Waals surface area (Å²) in [5, 5.41) is 0.433. The standard InChI is InChI=1S/C11H13BrO/c1-8-3-5-10(6-4-8)9(2)11(13)7-12/h3-6,9H,7H2,1-2H3. The van der Waals surface area contributed by atoms with Crippen LogP contribution in [0.3, 0.4) is 0 Å². The van der Waals surface area contributed by atoms with Crippen LogP contribution < -0.4 is 0 Å². The molecule has 0 aliphatic carbocycles. The maximum atomic E-state index is 11.4. The highest BCUT2D eigenvalue weighted by Crippen LogP contribution is 2.17. The van der Waals surface area contributed by atoms with E-state index in [9.17, 15) is 4.79 Å². The predicted molar refractivity (Wildman–Crippen MR) is 58.4 cm³/mol. The molecule has 0 spiro atoms. The number of rotatable bonds is 3. The number of alkyl halides is 1. The third-order valence-electron chi connectivity index (χ3n) is 2.19. The summed E-state index contributed by atoms with van der Waals surface area (Å²) in [6, 6.07) is 8.10. The molecule has 0 radical (unpaired) electrons. The van der Waals surface area contributed by atoms with E-state index in [2.05, 4.69) is 15.9 Å².